The van der Waals surface area contributed by atoms with E-state index in [1.807, 2.05) is 0 Å². The molecule has 0 heterocycles. The summed E-state index contributed by atoms with van der Waals surface area (Å²) in [5, 5.41) is 3.24. The van der Waals surface area contributed by atoms with Gasteiger partial charge >= 0.3 is 0 Å². The zero-order chi connectivity index (χ0) is 17.0. The van der Waals surface area contributed by atoms with Crippen molar-refractivity contribution < 1.29 is 18.3 Å². The number of methoxy groups -OCH3 is 1. The second kappa shape index (κ2) is 7.42. The van der Waals surface area contributed by atoms with Gasteiger partial charge in [0.1, 0.15) is 5.75 Å². The van der Waals surface area contributed by atoms with Crippen molar-refractivity contribution in [1.29, 1.82) is 0 Å². The molecule has 0 spiro atoms. The van der Waals surface area contributed by atoms with Crippen LogP contribution < -0.4 is 10.1 Å². The largest absolute Gasteiger partial charge is 0.496 e. The van der Waals surface area contributed by atoms with Crippen molar-refractivity contribution in [1.82, 2.24) is 5.32 Å². The average molecular weight is 340 g/mol. The van der Waals surface area contributed by atoms with Crippen molar-refractivity contribution in [3.05, 3.63) is 64.2 Å². The Hall–Kier alpha value is -2.14. The molecule has 0 bridgehead atoms. The summed E-state index contributed by atoms with van der Waals surface area (Å²) in [4.78, 5) is 12.1. The molecule has 2 aromatic carbocycles. The van der Waals surface area contributed by atoms with E-state index in [9.17, 15) is 13.6 Å². The number of hydrogen-bond acceptors (Lipinski definition) is 2. The molecule has 0 aliphatic heterocycles. The van der Waals surface area contributed by atoms with Gasteiger partial charge in [0.15, 0.2) is 11.6 Å². The Morgan fingerprint density at radius 2 is 1.96 bits per heavy atom. The third-order valence-corrected chi connectivity index (χ3v) is 3.65. The number of benzene rings is 2. The molecular weight excluding hydrogens is 324 g/mol. The van der Waals surface area contributed by atoms with Crippen LogP contribution >= 0.6 is 11.6 Å². The van der Waals surface area contributed by atoms with Gasteiger partial charge in [-0.25, -0.2) is 8.78 Å². The van der Waals surface area contributed by atoms with Crippen molar-refractivity contribution in [2.24, 2.45) is 0 Å². The molecule has 0 saturated carbocycles. The molecule has 6 heteroatoms. The Labute approximate surface area is 138 Å². The average Bonchev–Trinajstić information content (AvgIpc) is 2.50. The summed E-state index contributed by atoms with van der Waals surface area (Å²) >= 11 is 5.93. The van der Waals surface area contributed by atoms with Gasteiger partial charge in [0.2, 0.25) is 5.91 Å². The Morgan fingerprint density at radius 1 is 1.22 bits per heavy atom. The molecule has 0 radical (unpaired) electrons. The number of nitrogens with one attached hydrogen (secondary N) is 1. The lowest BCUT2D eigenvalue weighted by Crippen LogP contribution is -2.28. The predicted octanol–water partition coefficient (Wildman–Crippen LogP) is 4.05. The number of carbonyl (C=O) groups is 1. The van der Waals surface area contributed by atoms with Gasteiger partial charge in [0.05, 0.1) is 19.6 Å². The first-order valence-electron chi connectivity index (χ1n) is 6.97. The lowest BCUT2D eigenvalue weighted by Gasteiger charge is -2.15. The van der Waals surface area contributed by atoms with Crippen LogP contribution in [0.5, 0.6) is 5.75 Å². The monoisotopic (exact) mass is 339 g/mol. The summed E-state index contributed by atoms with van der Waals surface area (Å²) < 4.78 is 31.4. The molecule has 3 nitrogen and oxygen atoms in total. The highest BCUT2D eigenvalue weighted by Gasteiger charge is 2.14. The standard InChI is InChI=1S/C17H16ClF2NO2/c1-10(11-3-5-14(19)15(20)8-11)21-17(22)9-12-7-13(18)4-6-16(12)23-2/h3-8,10H,9H2,1-2H3,(H,21,22). The van der Waals surface area contributed by atoms with Crippen LogP contribution in [0.4, 0.5) is 8.78 Å². The van der Waals surface area contributed by atoms with E-state index in [0.29, 0.717) is 21.9 Å². The maximum Gasteiger partial charge on any atom is 0.225 e. The first kappa shape index (κ1) is 17.2. The minimum absolute atomic E-state index is 0.0672. The molecule has 1 N–H and O–H groups in total. The molecule has 23 heavy (non-hydrogen) atoms. The minimum Gasteiger partial charge on any atom is -0.496 e. The van der Waals surface area contributed by atoms with Crippen LogP contribution in [0.25, 0.3) is 0 Å². The predicted molar refractivity (Wildman–Crippen MR) is 84.6 cm³/mol. The molecule has 122 valence electrons. The first-order chi connectivity index (χ1) is 10.9. The fraction of sp³-hybridized carbons (Fsp3) is 0.235. The molecule has 0 saturated heterocycles. The Bertz CT molecular complexity index is 722. The fourth-order valence-electron chi connectivity index (χ4n) is 2.22. The van der Waals surface area contributed by atoms with E-state index >= 15 is 0 Å². The van der Waals surface area contributed by atoms with Gasteiger partial charge in [-0.1, -0.05) is 17.7 Å². The summed E-state index contributed by atoms with van der Waals surface area (Å²) in [7, 11) is 1.51. The van der Waals surface area contributed by atoms with Gasteiger partial charge in [0, 0.05) is 10.6 Å². The lowest BCUT2D eigenvalue weighted by atomic mass is 10.1. The Kier molecular flexibility index (Phi) is 5.55. The molecule has 1 amide bonds. The third-order valence-electron chi connectivity index (χ3n) is 3.41. The number of rotatable bonds is 5. The van der Waals surface area contributed by atoms with Crippen molar-refractivity contribution in [2.45, 2.75) is 19.4 Å². The van der Waals surface area contributed by atoms with E-state index in [2.05, 4.69) is 5.32 Å². The van der Waals surface area contributed by atoms with Gasteiger partial charge < -0.3 is 10.1 Å². The maximum absolute atomic E-state index is 13.2. The van der Waals surface area contributed by atoms with Gasteiger partial charge in [-0.2, -0.15) is 0 Å². The molecular formula is C17H16ClF2NO2. The van der Waals surface area contributed by atoms with Crippen LogP contribution in [-0.4, -0.2) is 13.0 Å². The zero-order valence-corrected chi connectivity index (χ0v) is 13.5. The highest BCUT2D eigenvalue weighted by Crippen LogP contribution is 2.23. The van der Waals surface area contributed by atoms with E-state index in [1.54, 1.807) is 25.1 Å². The second-order valence-corrected chi connectivity index (χ2v) is 5.53. The molecule has 0 fully saturated rings. The fourth-order valence-corrected chi connectivity index (χ4v) is 2.41. The van der Waals surface area contributed by atoms with Gasteiger partial charge in [-0.3, -0.25) is 4.79 Å². The first-order valence-corrected chi connectivity index (χ1v) is 7.35. The topological polar surface area (TPSA) is 38.3 Å². The SMILES string of the molecule is COc1ccc(Cl)cc1CC(=O)NC(C)c1ccc(F)c(F)c1. The molecule has 2 aromatic rings. The molecule has 0 aromatic heterocycles. The normalized spacial score (nSPS) is 11.9. The Balaban J connectivity index is 2.07. The molecule has 0 aliphatic carbocycles. The molecule has 1 unspecified atom stereocenters. The van der Waals surface area contributed by atoms with Crippen molar-refractivity contribution in [3.63, 3.8) is 0 Å². The van der Waals surface area contributed by atoms with Crippen LogP contribution in [0.15, 0.2) is 36.4 Å². The lowest BCUT2D eigenvalue weighted by molar-refractivity contribution is -0.121. The van der Waals surface area contributed by atoms with Crippen molar-refractivity contribution in [3.8, 4) is 5.75 Å². The third kappa shape index (κ3) is 4.42. The maximum atomic E-state index is 13.2. The number of amides is 1. The number of ether oxygens (including phenoxy) is 1. The highest BCUT2D eigenvalue weighted by atomic mass is 35.5. The molecule has 1 atom stereocenters. The van der Waals surface area contributed by atoms with E-state index in [4.69, 9.17) is 16.3 Å². The molecule has 2 rings (SSSR count). The number of carbonyl (C=O) groups excluding carboxylic acids is 1. The number of hydrogen-bond donors (Lipinski definition) is 1. The summed E-state index contributed by atoms with van der Waals surface area (Å²) in [5.74, 6) is -1.58. The van der Waals surface area contributed by atoms with Gasteiger partial charge in [-0.15, -0.1) is 0 Å². The second-order valence-electron chi connectivity index (χ2n) is 5.10. The van der Waals surface area contributed by atoms with E-state index < -0.39 is 17.7 Å². The van der Waals surface area contributed by atoms with Crippen LogP contribution in [-0.2, 0) is 11.2 Å². The summed E-state index contributed by atoms with van der Waals surface area (Å²) in [6.07, 6.45) is 0.0672. The van der Waals surface area contributed by atoms with E-state index in [1.165, 1.54) is 13.2 Å². The van der Waals surface area contributed by atoms with Crippen LogP contribution in [0.3, 0.4) is 0 Å². The summed E-state index contributed by atoms with van der Waals surface area (Å²) in [6, 6.07) is 8.09. The minimum atomic E-state index is -0.944. The highest BCUT2D eigenvalue weighted by molar-refractivity contribution is 6.30. The quantitative estimate of drug-likeness (QED) is 0.892. The van der Waals surface area contributed by atoms with E-state index in [-0.39, 0.29) is 12.3 Å². The van der Waals surface area contributed by atoms with E-state index in [0.717, 1.165) is 12.1 Å². The van der Waals surface area contributed by atoms with Crippen molar-refractivity contribution >= 4 is 17.5 Å². The smallest absolute Gasteiger partial charge is 0.225 e. The van der Waals surface area contributed by atoms with Gasteiger partial charge in [0.25, 0.3) is 0 Å². The van der Waals surface area contributed by atoms with Crippen LogP contribution in [0.1, 0.15) is 24.1 Å². The summed E-state index contributed by atoms with van der Waals surface area (Å²) in [6.45, 7) is 1.69. The van der Waals surface area contributed by atoms with Gasteiger partial charge in [-0.05, 0) is 42.8 Å². The van der Waals surface area contributed by atoms with Crippen LogP contribution in [0.2, 0.25) is 5.02 Å². The Morgan fingerprint density at radius 3 is 2.61 bits per heavy atom. The molecule has 0 aliphatic rings. The number of halogens is 3. The van der Waals surface area contributed by atoms with Crippen LogP contribution in [0, 0.1) is 11.6 Å². The summed E-state index contributed by atoms with van der Waals surface area (Å²) in [5.41, 5.74) is 1.13. The zero-order valence-electron chi connectivity index (χ0n) is 12.7. The van der Waals surface area contributed by atoms with Crippen molar-refractivity contribution in [2.75, 3.05) is 7.11 Å².